The Morgan fingerprint density at radius 2 is 1.94 bits per heavy atom. The number of halogens is 1. The lowest BCUT2D eigenvalue weighted by Crippen LogP contribution is -2.02. The van der Waals surface area contributed by atoms with Gasteiger partial charge in [-0.1, -0.05) is 23.7 Å². The van der Waals surface area contributed by atoms with Crippen LogP contribution in [0, 0.1) is 0 Å². The van der Waals surface area contributed by atoms with Gasteiger partial charge in [0, 0.05) is 17.3 Å². The van der Waals surface area contributed by atoms with Gasteiger partial charge in [-0.15, -0.1) is 5.10 Å². The smallest absolute Gasteiger partial charge is 0.178 e. The molecule has 3 rings (SSSR count). The van der Waals surface area contributed by atoms with Crippen molar-refractivity contribution in [2.75, 3.05) is 0 Å². The first-order valence-electron chi connectivity index (χ1n) is 5.32. The Bertz CT molecular complexity index is 628. The van der Waals surface area contributed by atoms with Gasteiger partial charge in [0.1, 0.15) is 6.33 Å². The van der Waals surface area contributed by atoms with Crippen molar-refractivity contribution < 1.29 is 0 Å². The Hall–Kier alpha value is -2.21. The Balaban J connectivity index is 1.80. The predicted molar refractivity (Wildman–Crippen MR) is 65.5 cm³/mol. The number of hydrogen-bond donors (Lipinski definition) is 0. The molecule has 2 heterocycles. The van der Waals surface area contributed by atoms with Gasteiger partial charge >= 0.3 is 0 Å². The lowest BCUT2D eigenvalue weighted by Gasteiger charge is -2.01. The number of hydrogen-bond acceptors (Lipinski definition) is 4. The third-order valence-electron chi connectivity index (χ3n) is 2.47. The van der Waals surface area contributed by atoms with Crippen LogP contribution in [-0.2, 0) is 6.54 Å². The summed E-state index contributed by atoms with van der Waals surface area (Å²) in [6, 6.07) is 9.53. The largest absolute Gasteiger partial charge is 0.266 e. The fourth-order valence-corrected chi connectivity index (χ4v) is 1.73. The van der Waals surface area contributed by atoms with Gasteiger partial charge in [0.15, 0.2) is 5.82 Å². The van der Waals surface area contributed by atoms with Crippen molar-refractivity contribution in [3.63, 3.8) is 0 Å². The lowest BCUT2D eigenvalue weighted by molar-refractivity contribution is 0.663. The van der Waals surface area contributed by atoms with E-state index in [1.165, 1.54) is 11.0 Å². The van der Waals surface area contributed by atoms with Crippen LogP contribution in [0.5, 0.6) is 0 Å². The maximum atomic E-state index is 5.84. The van der Waals surface area contributed by atoms with Gasteiger partial charge in [-0.25, -0.2) is 0 Å². The van der Waals surface area contributed by atoms with E-state index in [0.29, 0.717) is 12.4 Å². The molecule has 0 N–H and O–H groups in total. The number of nitrogens with zero attached hydrogens (tertiary/aromatic N) is 6. The summed E-state index contributed by atoms with van der Waals surface area (Å²) in [7, 11) is 0. The predicted octanol–water partition coefficient (Wildman–Crippen LogP) is 1.56. The SMILES string of the molecule is Clc1ccc(Cn2ccc(-n3cnnn3)n2)cc1. The molecule has 0 unspecified atom stereocenters. The topological polar surface area (TPSA) is 61.4 Å². The van der Waals surface area contributed by atoms with E-state index in [1.807, 2.05) is 41.2 Å². The van der Waals surface area contributed by atoms with Crippen LogP contribution in [0.15, 0.2) is 42.9 Å². The van der Waals surface area contributed by atoms with Crippen LogP contribution in [0.25, 0.3) is 5.82 Å². The third kappa shape index (κ3) is 2.23. The van der Waals surface area contributed by atoms with E-state index < -0.39 is 0 Å². The standard InChI is InChI=1S/C11H9ClN6/c12-10-3-1-9(2-4-10)7-17-6-5-11(14-17)18-8-13-15-16-18/h1-6,8H,7H2. The average molecular weight is 261 g/mol. The van der Waals surface area contributed by atoms with E-state index in [4.69, 9.17) is 11.6 Å². The average Bonchev–Trinajstić information content (AvgIpc) is 3.02. The van der Waals surface area contributed by atoms with Gasteiger partial charge in [-0.3, -0.25) is 4.68 Å². The summed E-state index contributed by atoms with van der Waals surface area (Å²) < 4.78 is 3.33. The molecule has 0 radical (unpaired) electrons. The Labute approximate surface area is 108 Å². The Morgan fingerprint density at radius 3 is 2.67 bits per heavy atom. The highest BCUT2D eigenvalue weighted by Gasteiger charge is 2.03. The van der Waals surface area contributed by atoms with Crippen LogP contribution < -0.4 is 0 Å². The third-order valence-corrected chi connectivity index (χ3v) is 2.72. The minimum atomic E-state index is 0.680. The Kier molecular flexibility index (Phi) is 2.77. The van der Waals surface area contributed by atoms with Gasteiger partial charge in [-0.2, -0.15) is 9.78 Å². The fourth-order valence-electron chi connectivity index (χ4n) is 1.60. The molecule has 0 spiro atoms. The molecule has 6 nitrogen and oxygen atoms in total. The van der Waals surface area contributed by atoms with E-state index in [0.717, 1.165) is 10.6 Å². The van der Waals surface area contributed by atoms with Crippen LogP contribution in [0.2, 0.25) is 5.02 Å². The molecule has 2 aromatic heterocycles. The van der Waals surface area contributed by atoms with Crippen LogP contribution in [0.1, 0.15) is 5.56 Å². The highest BCUT2D eigenvalue weighted by molar-refractivity contribution is 6.30. The van der Waals surface area contributed by atoms with Gasteiger partial charge in [0.25, 0.3) is 0 Å². The van der Waals surface area contributed by atoms with E-state index in [-0.39, 0.29) is 0 Å². The van der Waals surface area contributed by atoms with Crippen molar-refractivity contribution in [2.24, 2.45) is 0 Å². The zero-order valence-electron chi connectivity index (χ0n) is 9.31. The summed E-state index contributed by atoms with van der Waals surface area (Å²) in [6.45, 7) is 0.680. The summed E-state index contributed by atoms with van der Waals surface area (Å²) in [5.74, 6) is 0.689. The van der Waals surface area contributed by atoms with E-state index >= 15 is 0 Å². The summed E-state index contributed by atoms with van der Waals surface area (Å²) in [6.07, 6.45) is 3.39. The van der Waals surface area contributed by atoms with Gasteiger partial charge in [0.2, 0.25) is 0 Å². The van der Waals surface area contributed by atoms with Crippen molar-refractivity contribution in [3.8, 4) is 5.82 Å². The molecule has 3 aromatic rings. The summed E-state index contributed by atoms with van der Waals surface area (Å²) >= 11 is 5.84. The van der Waals surface area contributed by atoms with Crippen molar-refractivity contribution in [1.82, 2.24) is 30.0 Å². The van der Waals surface area contributed by atoms with E-state index in [9.17, 15) is 0 Å². The normalized spacial score (nSPS) is 10.7. The second-order valence-electron chi connectivity index (χ2n) is 3.75. The van der Waals surface area contributed by atoms with Gasteiger partial charge in [0.05, 0.1) is 6.54 Å². The monoisotopic (exact) mass is 260 g/mol. The summed E-state index contributed by atoms with van der Waals surface area (Å²) in [4.78, 5) is 0. The zero-order valence-corrected chi connectivity index (χ0v) is 10.1. The van der Waals surface area contributed by atoms with Crippen molar-refractivity contribution in [2.45, 2.75) is 6.54 Å². The molecule has 0 fully saturated rings. The minimum Gasteiger partial charge on any atom is -0.266 e. The highest BCUT2D eigenvalue weighted by Crippen LogP contribution is 2.11. The molecule has 7 heteroatoms. The summed E-state index contributed by atoms with van der Waals surface area (Å²) in [5, 5.41) is 16.0. The minimum absolute atomic E-state index is 0.680. The van der Waals surface area contributed by atoms with Gasteiger partial charge in [-0.05, 0) is 28.1 Å². The number of benzene rings is 1. The molecule has 0 atom stereocenters. The first kappa shape index (κ1) is 10.9. The highest BCUT2D eigenvalue weighted by atomic mass is 35.5. The fraction of sp³-hybridized carbons (Fsp3) is 0.0909. The molecule has 0 saturated carbocycles. The van der Waals surface area contributed by atoms with Crippen molar-refractivity contribution in [3.05, 3.63) is 53.4 Å². The Morgan fingerprint density at radius 1 is 1.11 bits per heavy atom. The zero-order chi connectivity index (χ0) is 12.4. The molecule has 0 aliphatic carbocycles. The quantitative estimate of drug-likeness (QED) is 0.717. The van der Waals surface area contributed by atoms with E-state index in [2.05, 4.69) is 20.6 Å². The maximum absolute atomic E-state index is 5.84. The first-order chi connectivity index (χ1) is 8.81. The summed E-state index contributed by atoms with van der Waals surface area (Å²) in [5.41, 5.74) is 1.13. The van der Waals surface area contributed by atoms with Gasteiger partial charge < -0.3 is 0 Å². The number of tetrazole rings is 1. The van der Waals surface area contributed by atoms with Crippen molar-refractivity contribution in [1.29, 1.82) is 0 Å². The molecule has 18 heavy (non-hydrogen) atoms. The molecule has 0 amide bonds. The molecule has 0 aliphatic rings. The molecule has 0 aliphatic heterocycles. The second-order valence-corrected chi connectivity index (χ2v) is 4.19. The number of aromatic nitrogens is 6. The lowest BCUT2D eigenvalue weighted by atomic mass is 10.2. The molecule has 90 valence electrons. The van der Waals surface area contributed by atoms with E-state index in [1.54, 1.807) is 0 Å². The first-order valence-corrected chi connectivity index (χ1v) is 5.70. The maximum Gasteiger partial charge on any atom is 0.178 e. The second kappa shape index (κ2) is 4.58. The number of rotatable bonds is 3. The van der Waals surface area contributed by atoms with Crippen LogP contribution in [0.4, 0.5) is 0 Å². The molecular weight excluding hydrogens is 252 g/mol. The van der Waals surface area contributed by atoms with Crippen LogP contribution >= 0.6 is 11.6 Å². The van der Waals surface area contributed by atoms with Crippen molar-refractivity contribution >= 4 is 11.6 Å². The molecule has 1 aromatic carbocycles. The van der Waals surface area contributed by atoms with Crippen LogP contribution in [0.3, 0.4) is 0 Å². The molecule has 0 bridgehead atoms. The molecule has 0 saturated heterocycles. The van der Waals surface area contributed by atoms with Crippen LogP contribution in [-0.4, -0.2) is 30.0 Å². The molecular formula is C11H9ClN6.